The number of rotatable bonds is 7. The van der Waals surface area contributed by atoms with Crippen molar-refractivity contribution in [2.75, 3.05) is 25.5 Å². The molecule has 2 N–H and O–H groups in total. The SMILES string of the molecule is CN1CC[C@@H](Nc2cccc3c2cc(-c2noc(CNC(=O)c4ccncc4)n2)n3CC(F)(F)F)[C@@H](F)C1. The first-order chi connectivity index (χ1) is 18.2. The minimum Gasteiger partial charge on any atom is -0.379 e. The molecule has 4 heterocycles. The van der Waals surface area contributed by atoms with Crippen molar-refractivity contribution >= 4 is 22.5 Å². The summed E-state index contributed by atoms with van der Waals surface area (Å²) < 4.78 is 61.7. The highest BCUT2D eigenvalue weighted by atomic mass is 19.4. The van der Waals surface area contributed by atoms with E-state index in [1.807, 2.05) is 11.9 Å². The van der Waals surface area contributed by atoms with Gasteiger partial charge in [0, 0.05) is 42.1 Å². The van der Waals surface area contributed by atoms with Crippen LogP contribution in [-0.2, 0) is 13.1 Å². The highest BCUT2D eigenvalue weighted by Gasteiger charge is 2.32. The summed E-state index contributed by atoms with van der Waals surface area (Å²) in [4.78, 5) is 22.2. The van der Waals surface area contributed by atoms with Crippen LogP contribution in [-0.4, -0.2) is 69.0 Å². The van der Waals surface area contributed by atoms with Gasteiger partial charge in [-0.1, -0.05) is 11.2 Å². The maximum atomic E-state index is 14.7. The van der Waals surface area contributed by atoms with Gasteiger partial charge in [-0.15, -0.1) is 0 Å². The fourth-order valence-electron chi connectivity index (χ4n) is 4.56. The minimum atomic E-state index is -4.52. The Kier molecular flexibility index (Phi) is 7.02. The number of alkyl halides is 4. The summed E-state index contributed by atoms with van der Waals surface area (Å²) in [6.45, 7) is -0.415. The maximum absolute atomic E-state index is 14.7. The van der Waals surface area contributed by atoms with E-state index in [0.717, 1.165) is 4.57 Å². The summed E-state index contributed by atoms with van der Waals surface area (Å²) in [5, 5.41) is 10.2. The number of aromatic nitrogens is 4. The predicted octanol–water partition coefficient (Wildman–Crippen LogP) is 4.03. The molecular formula is C25H25F4N7O2. The van der Waals surface area contributed by atoms with Crippen LogP contribution >= 0.6 is 0 Å². The van der Waals surface area contributed by atoms with Crippen LogP contribution in [0.1, 0.15) is 22.7 Å². The topological polar surface area (TPSA) is 101 Å². The van der Waals surface area contributed by atoms with Gasteiger partial charge in [0.2, 0.25) is 11.7 Å². The van der Waals surface area contributed by atoms with E-state index in [9.17, 15) is 22.4 Å². The van der Waals surface area contributed by atoms with Crippen LogP contribution < -0.4 is 10.6 Å². The normalized spacial score (nSPS) is 18.6. The molecule has 38 heavy (non-hydrogen) atoms. The molecule has 1 fully saturated rings. The standard InChI is InChI=1S/C25H25F4N7O2/c1-35-10-7-19(17(26)13-35)32-18-3-2-4-20-16(18)11-21(36(20)14-25(27,28)29)23-33-22(38-34-23)12-31-24(37)15-5-8-30-9-6-15/h2-6,8-9,11,17,19,32H,7,10,12-14H2,1H3,(H,31,37)/t17-,19+/m0/s1. The Hall–Kier alpha value is -4.00. The summed E-state index contributed by atoms with van der Waals surface area (Å²) in [6, 6.07) is 9.04. The fourth-order valence-corrected chi connectivity index (χ4v) is 4.56. The minimum absolute atomic E-state index is 0.0242. The zero-order valence-electron chi connectivity index (χ0n) is 20.4. The third-order valence-electron chi connectivity index (χ3n) is 6.41. The number of hydrogen-bond acceptors (Lipinski definition) is 7. The Balaban J connectivity index is 1.44. The summed E-state index contributed by atoms with van der Waals surface area (Å²) in [7, 11) is 1.84. The van der Waals surface area contributed by atoms with Gasteiger partial charge in [-0.25, -0.2) is 4.39 Å². The van der Waals surface area contributed by atoms with Crippen molar-refractivity contribution in [1.29, 1.82) is 0 Å². The molecule has 9 nitrogen and oxygen atoms in total. The second kappa shape index (κ2) is 10.4. The van der Waals surface area contributed by atoms with Crippen molar-refractivity contribution in [3.05, 3.63) is 60.2 Å². The van der Waals surface area contributed by atoms with Crippen LogP contribution in [0, 0.1) is 0 Å². The second-order valence-corrected chi connectivity index (χ2v) is 9.22. The number of benzene rings is 1. The van der Waals surface area contributed by atoms with Crippen molar-refractivity contribution in [2.45, 2.75) is 37.9 Å². The summed E-state index contributed by atoms with van der Waals surface area (Å²) in [5.74, 6) is -0.433. The van der Waals surface area contributed by atoms with Crippen LogP contribution in [0.3, 0.4) is 0 Å². The predicted molar refractivity (Wildman–Crippen MR) is 131 cm³/mol. The molecule has 1 amide bonds. The van der Waals surface area contributed by atoms with Crippen LogP contribution in [0.5, 0.6) is 0 Å². The maximum Gasteiger partial charge on any atom is 0.406 e. The van der Waals surface area contributed by atoms with Crippen LogP contribution in [0.2, 0.25) is 0 Å². The second-order valence-electron chi connectivity index (χ2n) is 9.22. The molecular weight excluding hydrogens is 506 g/mol. The first-order valence-electron chi connectivity index (χ1n) is 12.0. The van der Waals surface area contributed by atoms with E-state index < -0.39 is 30.8 Å². The van der Waals surface area contributed by atoms with E-state index in [1.54, 1.807) is 18.2 Å². The molecule has 4 aromatic rings. The highest BCUT2D eigenvalue weighted by molar-refractivity contribution is 5.96. The van der Waals surface area contributed by atoms with Gasteiger partial charge in [0.15, 0.2) is 0 Å². The molecule has 0 unspecified atom stereocenters. The summed E-state index contributed by atoms with van der Waals surface area (Å²) in [5.41, 5.74) is 1.28. The van der Waals surface area contributed by atoms with Crippen molar-refractivity contribution in [3.63, 3.8) is 0 Å². The zero-order valence-corrected chi connectivity index (χ0v) is 20.4. The number of nitrogens with one attached hydrogen (secondary N) is 2. The molecule has 0 bridgehead atoms. The lowest BCUT2D eigenvalue weighted by molar-refractivity contribution is -0.139. The Morgan fingerprint density at radius 3 is 2.74 bits per heavy atom. The van der Waals surface area contributed by atoms with Crippen molar-refractivity contribution in [1.82, 2.24) is 29.9 Å². The van der Waals surface area contributed by atoms with E-state index in [-0.39, 0.29) is 30.5 Å². The molecule has 0 spiro atoms. The van der Waals surface area contributed by atoms with Gasteiger partial charge in [-0.2, -0.15) is 18.2 Å². The van der Waals surface area contributed by atoms with Crippen LogP contribution in [0.15, 0.2) is 53.3 Å². The van der Waals surface area contributed by atoms with E-state index in [4.69, 9.17) is 4.52 Å². The van der Waals surface area contributed by atoms with Crippen LogP contribution in [0.4, 0.5) is 23.2 Å². The Labute approximate surface area is 214 Å². The van der Waals surface area contributed by atoms with Crippen molar-refractivity contribution in [2.24, 2.45) is 0 Å². The molecule has 0 radical (unpaired) electrons. The quantitative estimate of drug-likeness (QED) is 0.347. The molecule has 13 heteroatoms. The molecule has 1 aromatic carbocycles. The first-order valence-corrected chi connectivity index (χ1v) is 12.0. The van der Waals surface area contributed by atoms with Gasteiger partial charge in [0.25, 0.3) is 5.91 Å². The highest BCUT2D eigenvalue weighted by Crippen LogP contribution is 2.35. The number of halogens is 4. The number of pyridine rings is 1. The lowest BCUT2D eigenvalue weighted by Gasteiger charge is -2.33. The molecule has 1 saturated heterocycles. The average molecular weight is 532 g/mol. The van der Waals surface area contributed by atoms with Gasteiger partial charge >= 0.3 is 6.18 Å². The monoisotopic (exact) mass is 531 g/mol. The number of anilines is 1. The van der Waals surface area contributed by atoms with E-state index in [1.165, 1.54) is 30.6 Å². The number of nitrogens with zero attached hydrogens (tertiary/aromatic N) is 5. The van der Waals surface area contributed by atoms with Crippen molar-refractivity contribution < 1.29 is 26.9 Å². The number of hydrogen-bond donors (Lipinski definition) is 2. The molecule has 1 aliphatic heterocycles. The van der Waals surface area contributed by atoms with Gasteiger partial charge in [-0.05, 0) is 43.8 Å². The smallest absolute Gasteiger partial charge is 0.379 e. The zero-order chi connectivity index (χ0) is 26.9. The number of piperidine rings is 1. The molecule has 3 aromatic heterocycles. The number of fused-ring (bicyclic) bond motifs is 1. The average Bonchev–Trinajstić information content (AvgIpc) is 3.49. The molecule has 0 aliphatic carbocycles. The molecule has 5 rings (SSSR count). The van der Waals surface area contributed by atoms with Crippen molar-refractivity contribution in [3.8, 4) is 11.5 Å². The van der Waals surface area contributed by atoms with E-state index in [2.05, 4.69) is 25.8 Å². The molecule has 200 valence electrons. The Morgan fingerprint density at radius 1 is 1.21 bits per heavy atom. The van der Waals surface area contributed by atoms with Gasteiger partial charge in [-0.3, -0.25) is 9.78 Å². The summed E-state index contributed by atoms with van der Waals surface area (Å²) >= 11 is 0. The first kappa shape index (κ1) is 25.6. The number of carbonyl (C=O) groups excluding carboxylic acids is 1. The van der Waals surface area contributed by atoms with E-state index >= 15 is 0 Å². The van der Waals surface area contributed by atoms with Gasteiger partial charge < -0.3 is 24.6 Å². The van der Waals surface area contributed by atoms with Crippen LogP contribution in [0.25, 0.3) is 22.4 Å². The largest absolute Gasteiger partial charge is 0.406 e. The third kappa shape index (κ3) is 5.62. The molecule has 2 atom stereocenters. The number of carbonyl (C=O) groups is 1. The van der Waals surface area contributed by atoms with Gasteiger partial charge in [0.05, 0.1) is 23.8 Å². The lowest BCUT2D eigenvalue weighted by Crippen LogP contribution is -2.46. The lowest BCUT2D eigenvalue weighted by atomic mass is 10.0. The Bertz CT molecular complexity index is 1420. The van der Waals surface area contributed by atoms with Gasteiger partial charge in [0.1, 0.15) is 12.7 Å². The number of likely N-dealkylation sites (tertiary alicyclic amines) is 1. The number of amides is 1. The third-order valence-corrected chi connectivity index (χ3v) is 6.41. The Morgan fingerprint density at radius 2 is 2.00 bits per heavy atom. The molecule has 0 saturated carbocycles. The molecule has 1 aliphatic rings. The fraction of sp³-hybridized carbons (Fsp3) is 0.360. The summed E-state index contributed by atoms with van der Waals surface area (Å²) in [6.07, 6.45) is -2.13. The van der Waals surface area contributed by atoms with E-state index in [0.29, 0.717) is 35.1 Å².